The van der Waals surface area contributed by atoms with Gasteiger partial charge in [0.15, 0.2) is 0 Å². The van der Waals surface area contributed by atoms with Crippen LogP contribution in [0.15, 0.2) is 42.6 Å². The number of rotatable bonds is 8. The number of aromatic nitrogens is 2. The first-order chi connectivity index (χ1) is 15.2. The highest BCUT2D eigenvalue weighted by Gasteiger charge is 2.33. The summed E-state index contributed by atoms with van der Waals surface area (Å²) in [5.74, 6) is 0.510. The van der Waals surface area contributed by atoms with Gasteiger partial charge in [-0.3, -0.25) is 4.72 Å². The van der Waals surface area contributed by atoms with E-state index in [1.807, 2.05) is 6.07 Å². The molecule has 0 fully saturated rings. The zero-order valence-corrected chi connectivity index (χ0v) is 18.4. The molecule has 1 unspecified atom stereocenters. The molecule has 3 rings (SSSR count). The molecule has 10 heteroatoms. The molecule has 0 radical (unpaired) electrons. The molecule has 0 saturated heterocycles. The van der Waals surface area contributed by atoms with Gasteiger partial charge in [0.25, 0.3) is 0 Å². The first-order valence-corrected chi connectivity index (χ1v) is 10.6. The number of thiol groups is 1. The average Bonchev–Trinajstić information content (AvgIpc) is 3.26. The number of aryl methyl sites for hydroxylation is 1. The zero-order chi connectivity index (χ0) is 23.3. The third kappa shape index (κ3) is 5.84. The number of benzene rings is 2. The molecule has 1 atom stereocenters. The van der Waals surface area contributed by atoms with E-state index in [2.05, 4.69) is 27.5 Å². The maximum Gasteiger partial charge on any atom is 0.417 e. The monoisotopic (exact) mass is 480 g/mol. The summed E-state index contributed by atoms with van der Waals surface area (Å²) in [6.45, 7) is 0.588. The van der Waals surface area contributed by atoms with Crippen molar-refractivity contribution < 1.29 is 18.3 Å². The lowest BCUT2D eigenvalue weighted by molar-refractivity contribution is -0.137. The molecule has 0 amide bonds. The summed E-state index contributed by atoms with van der Waals surface area (Å²) >= 11 is 10.2. The van der Waals surface area contributed by atoms with E-state index in [4.69, 9.17) is 16.9 Å². The van der Waals surface area contributed by atoms with Gasteiger partial charge in [0.05, 0.1) is 35.2 Å². The van der Waals surface area contributed by atoms with E-state index in [1.54, 1.807) is 18.2 Å². The first-order valence-electron chi connectivity index (χ1n) is 9.73. The number of aromatic amines is 1. The van der Waals surface area contributed by atoms with Crippen LogP contribution in [0.2, 0.25) is 5.02 Å². The molecule has 1 aromatic heterocycles. The normalized spacial score (nSPS) is 12.5. The standard InChI is InChI=1S/C22H20ClF3N4OS/c23-19-6-3-15(9-13(19)1-4-17(31)7-8-29-32)21-28-12-20(30-21)14-2-5-18(22(24,25)26)16(10-14)11-27/h2-3,5-6,9-10,12,17,29,31-32H,1,4,7-8H2,(H,28,30). The second-order valence-corrected chi connectivity index (χ2v) is 7.93. The number of alkyl halides is 3. The lowest BCUT2D eigenvalue weighted by Crippen LogP contribution is -2.14. The van der Waals surface area contributed by atoms with Crippen LogP contribution in [-0.2, 0) is 12.6 Å². The van der Waals surface area contributed by atoms with Crippen molar-refractivity contribution in [3.63, 3.8) is 0 Å². The molecule has 1 heterocycles. The van der Waals surface area contributed by atoms with E-state index < -0.39 is 23.4 Å². The fraction of sp³-hybridized carbons (Fsp3) is 0.273. The van der Waals surface area contributed by atoms with Gasteiger partial charge in [-0.2, -0.15) is 18.4 Å². The highest BCUT2D eigenvalue weighted by Crippen LogP contribution is 2.34. The molecule has 0 saturated carbocycles. The highest BCUT2D eigenvalue weighted by molar-refractivity contribution is 7.78. The minimum atomic E-state index is -4.60. The number of nitrogens with one attached hydrogen (secondary N) is 2. The van der Waals surface area contributed by atoms with E-state index in [9.17, 15) is 18.3 Å². The minimum absolute atomic E-state index is 0.420. The number of nitrogens with zero attached hydrogens (tertiary/aromatic N) is 2. The predicted octanol–water partition coefficient (Wildman–Crippen LogP) is 5.41. The molecular formula is C22H20ClF3N4OS. The smallest absolute Gasteiger partial charge is 0.393 e. The lowest BCUT2D eigenvalue weighted by atomic mass is 10.0. The van der Waals surface area contributed by atoms with E-state index in [-0.39, 0.29) is 0 Å². The number of nitriles is 1. The van der Waals surface area contributed by atoms with E-state index >= 15 is 0 Å². The van der Waals surface area contributed by atoms with Crippen molar-refractivity contribution in [1.82, 2.24) is 14.7 Å². The van der Waals surface area contributed by atoms with E-state index in [1.165, 1.54) is 18.3 Å². The van der Waals surface area contributed by atoms with Crippen molar-refractivity contribution in [2.75, 3.05) is 6.54 Å². The third-order valence-electron chi connectivity index (χ3n) is 4.99. The van der Waals surface area contributed by atoms with Crippen LogP contribution < -0.4 is 4.72 Å². The summed E-state index contributed by atoms with van der Waals surface area (Å²) in [5.41, 5.74) is 1.07. The summed E-state index contributed by atoms with van der Waals surface area (Å²) in [5, 5.41) is 19.7. The number of hydrogen-bond acceptors (Lipinski definition) is 5. The van der Waals surface area contributed by atoms with Gasteiger partial charge in [-0.25, -0.2) is 4.98 Å². The summed E-state index contributed by atoms with van der Waals surface area (Å²) in [4.78, 5) is 7.41. The van der Waals surface area contributed by atoms with Gasteiger partial charge in [-0.15, -0.1) is 0 Å². The van der Waals surface area contributed by atoms with Crippen LogP contribution in [0.4, 0.5) is 13.2 Å². The Bertz CT molecular complexity index is 1130. The number of imidazole rings is 1. The highest BCUT2D eigenvalue weighted by atomic mass is 35.5. The van der Waals surface area contributed by atoms with Gasteiger partial charge in [-0.05, 0) is 55.2 Å². The second-order valence-electron chi connectivity index (χ2n) is 7.21. The first kappa shape index (κ1) is 24.1. The Morgan fingerprint density at radius 2 is 1.94 bits per heavy atom. The van der Waals surface area contributed by atoms with Crippen LogP contribution >= 0.6 is 24.4 Å². The average molecular weight is 481 g/mol. The molecule has 32 heavy (non-hydrogen) atoms. The van der Waals surface area contributed by atoms with Gasteiger partial charge in [0, 0.05) is 22.7 Å². The van der Waals surface area contributed by atoms with Crippen LogP contribution in [0.5, 0.6) is 0 Å². The van der Waals surface area contributed by atoms with Crippen molar-refractivity contribution in [2.24, 2.45) is 0 Å². The fourth-order valence-corrected chi connectivity index (χ4v) is 3.62. The predicted molar refractivity (Wildman–Crippen MR) is 120 cm³/mol. The number of H-pyrrole nitrogens is 1. The number of aliphatic hydroxyl groups is 1. The van der Waals surface area contributed by atoms with Crippen molar-refractivity contribution >= 4 is 24.4 Å². The van der Waals surface area contributed by atoms with E-state index in [0.717, 1.165) is 17.2 Å². The Kier molecular flexibility index (Phi) is 7.85. The van der Waals surface area contributed by atoms with E-state index in [0.29, 0.717) is 47.9 Å². The van der Waals surface area contributed by atoms with Crippen molar-refractivity contribution in [2.45, 2.75) is 31.5 Å². The van der Waals surface area contributed by atoms with Crippen molar-refractivity contribution in [3.05, 3.63) is 64.3 Å². The maximum atomic E-state index is 13.0. The Labute approximate surface area is 193 Å². The van der Waals surface area contributed by atoms with Gasteiger partial charge in [0.2, 0.25) is 0 Å². The largest absolute Gasteiger partial charge is 0.417 e. The van der Waals surface area contributed by atoms with Crippen molar-refractivity contribution in [1.29, 1.82) is 5.26 Å². The molecule has 3 N–H and O–H groups in total. The topological polar surface area (TPSA) is 84.7 Å². The molecule has 0 bridgehead atoms. The lowest BCUT2D eigenvalue weighted by Gasteiger charge is -2.11. The fourth-order valence-electron chi connectivity index (χ4n) is 3.28. The number of aliphatic hydroxyl groups excluding tert-OH is 1. The third-order valence-corrected chi connectivity index (χ3v) is 5.58. The zero-order valence-electron chi connectivity index (χ0n) is 16.7. The van der Waals surface area contributed by atoms with Crippen LogP contribution in [-0.4, -0.2) is 27.7 Å². The van der Waals surface area contributed by atoms with Gasteiger partial charge in [0.1, 0.15) is 5.82 Å². The molecule has 3 aromatic rings. The summed E-state index contributed by atoms with van der Waals surface area (Å²) in [6, 6.07) is 10.4. The number of hydrogen-bond donors (Lipinski definition) is 4. The second kappa shape index (κ2) is 10.4. The van der Waals surface area contributed by atoms with Gasteiger partial charge >= 0.3 is 6.18 Å². The Balaban J connectivity index is 1.82. The summed E-state index contributed by atoms with van der Waals surface area (Å²) in [6.07, 6.45) is -1.91. The van der Waals surface area contributed by atoms with Crippen LogP contribution in [0, 0.1) is 11.3 Å². The SMILES string of the molecule is N#Cc1cc(-c2cnc(-c3ccc(Cl)c(CCC(O)CCNS)c3)[nH]2)ccc1C(F)(F)F. The molecule has 0 aliphatic rings. The Morgan fingerprint density at radius 3 is 2.62 bits per heavy atom. The maximum absolute atomic E-state index is 13.0. The minimum Gasteiger partial charge on any atom is -0.393 e. The Hall–Kier alpha value is -2.51. The quantitative estimate of drug-likeness (QED) is 0.325. The van der Waals surface area contributed by atoms with Crippen LogP contribution in [0.3, 0.4) is 0 Å². The summed E-state index contributed by atoms with van der Waals surface area (Å²) < 4.78 is 41.8. The molecule has 168 valence electrons. The molecular weight excluding hydrogens is 461 g/mol. The molecule has 5 nitrogen and oxygen atoms in total. The number of halogens is 4. The van der Waals surface area contributed by atoms with Crippen LogP contribution in [0.25, 0.3) is 22.6 Å². The molecule has 2 aromatic carbocycles. The Morgan fingerprint density at radius 1 is 1.19 bits per heavy atom. The summed E-state index contributed by atoms with van der Waals surface area (Å²) in [7, 11) is 0. The molecule has 0 aliphatic heterocycles. The van der Waals surface area contributed by atoms with Gasteiger partial charge in [-0.1, -0.05) is 30.5 Å². The van der Waals surface area contributed by atoms with Crippen molar-refractivity contribution in [3.8, 4) is 28.7 Å². The molecule has 0 spiro atoms. The van der Waals surface area contributed by atoms with Crippen LogP contribution in [0.1, 0.15) is 29.5 Å². The van der Waals surface area contributed by atoms with Gasteiger partial charge < -0.3 is 10.1 Å². The molecule has 0 aliphatic carbocycles.